The van der Waals surface area contributed by atoms with E-state index in [2.05, 4.69) is 56.0 Å². The molecule has 0 radical (unpaired) electrons. The van der Waals surface area contributed by atoms with E-state index in [1.165, 1.54) is 22.4 Å². The Morgan fingerprint density at radius 1 is 0.947 bits per heavy atom. The van der Waals surface area contributed by atoms with Gasteiger partial charge in [0.05, 0.1) is 0 Å². The van der Waals surface area contributed by atoms with E-state index in [1.807, 2.05) is 12.1 Å². The zero-order valence-electron chi connectivity index (χ0n) is 12.0. The molecule has 0 atom stereocenters. The lowest BCUT2D eigenvalue weighted by Crippen LogP contribution is -2.22. The third-order valence-corrected chi connectivity index (χ3v) is 3.58. The summed E-state index contributed by atoms with van der Waals surface area (Å²) in [4.78, 5) is 2.35. The van der Waals surface area contributed by atoms with Crippen LogP contribution >= 0.6 is 0 Å². The Kier molecular flexibility index (Phi) is 4.10. The van der Waals surface area contributed by atoms with Crippen LogP contribution in [-0.2, 0) is 6.54 Å². The molecule has 0 aliphatic rings. The Morgan fingerprint density at radius 3 is 2.21 bits per heavy atom. The zero-order valence-corrected chi connectivity index (χ0v) is 12.0. The first-order valence-corrected chi connectivity index (χ1v) is 6.76. The smallest absolute Gasteiger partial charge is 0.0429 e. The number of hydrogen-bond acceptors (Lipinski definition) is 2. The molecule has 0 aliphatic heterocycles. The van der Waals surface area contributed by atoms with E-state index in [4.69, 9.17) is 5.73 Å². The Bertz CT molecular complexity index is 544. The third kappa shape index (κ3) is 3.28. The van der Waals surface area contributed by atoms with E-state index in [-0.39, 0.29) is 0 Å². The van der Waals surface area contributed by atoms with Crippen LogP contribution in [0.25, 0.3) is 0 Å². The second-order valence-electron chi connectivity index (χ2n) is 5.02. The fourth-order valence-electron chi connectivity index (χ4n) is 2.19. The molecule has 2 aromatic carbocycles. The molecule has 0 aliphatic carbocycles. The Hall–Kier alpha value is -1.96. The summed E-state index contributed by atoms with van der Waals surface area (Å²) in [6.07, 6.45) is 0. The number of nitrogen functional groups attached to an aromatic ring is 1. The summed E-state index contributed by atoms with van der Waals surface area (Å²) < 4.78 is 0. The van der Waals surface area contributed by atoms with Gasteiger partial charge in [-0.3, -0.25) is 0 Å². The van der Waals surface area contributed by atoms with Crippen molar-refractivity contribution in [1.29, 1.82) is 0 Å². The summed E-state index contributed by atoms with van der Waals surface area (Å²) in [5.74, 6) is 0. The topological polar surface area (TPSA) is 29.3 Å². The molecule has 0 fully saturated rings. The Labute approximate surface area is 115 Å². The van der Waals surface area contributed by atoms with Crippen molar-refractivity contribution < 1.29 is 0 Å². The molecule has 0 saturated carbocycles. The minimum atomic E-state index is 0.811. The van der Waals surface area contributed by atoms with Crippen molar-refractivity contribution in [3.05, 3.63) is 59.2 Å². The molecule has 100 valence electrons. The maximum absolute atomic E-state index is 5.74. The van der Waals surface area contributed by atoms with Gasteiger partial charge in [0.25, 0.3) is 0 Å². The van der Waals surface area contributed by atoms with Gasteiger partial charge in [-0.2, -0.15) is 0 Å². The predicted molar refractivity (Wildman–Crippen MR) is 83.5 cm³/mol. The summed E-state index contributed by atoms with van der Waals surface area (Å²) in [5, 5.41) is 0. The highest BCUT2D eigenvalue weighted by molar-refractivity contribution is 5.53. The first kappa shape index (κ1) is 13.5. The van der Waals surface area contributed by atoms with Crippen molar-refractivity contribution in [2.75, 3.05) is 17.2 Å². The van der Waals surface area contributed by atoms with Crippen LogP contribution in [0.2, 0.25) is 0 Å². The van der Waals surface area contributed by atoms with E-state index in [0.717, 1.165) is 18.8 Å². The molecule has 19 heavy (non-hydrogen) atoms. The minimum absolute atomic E-state index is 0.811. The molecule has 2 rings (SSSR count). The molecule has 0 unspecified atom stereocenters. The summed E-state index contributed by atoms with van der Waals surface area (Å²) in [6, 6.07) is 14.8. The molecule has 0 bridgehead atoms. The third-order valence-electron chi connectivity index (χ3n) is 3.58. The normalized spacial score (nSPS) is 10.5. The highest BCUT2D eigenvalue weighted by atomic mass is 15.1. The molecule has 0 heterocycles. The summed E-state index contributed by atoms with van der Waals surface area (Å²) in [7, 11) is 0. The van der Waals surface area contributed by atoms with E-state index < -0.39 is 0 Å². The van der Waals surface area contributed by atoms with Crippen molar-refractivity contribution >= 4 is 11.4 Å². The fourth-order valence-corrected chi connectivity index (χ4v) is 2.19. The second kappa shape index (κ2) is 5.79. The number of nitrogens with two attached hydrogens (primary N) is 1. The number of aryl methyl sites for hydroxylation is 2. The number of anilines is 2. The number of benzene rings is 2. The van der Waals surface area contributed by atoms with Crippen LogP contribution in [0.15, 0.2) is 42.5 Å². The van der Waals surface area contributed by atoms with Gasteiger partial charge in [0.1, 0.15) is 0 Å². The molecule has 2 heteroatoms. The van der Waals surface area contributed by atoms with Crippen LogP contribution in [-0.4, -0.2) is 6.54 Å². The highest BCUT2D eigenvalue weighted by Gasteiger charge is 2.06. The number of rotatable bonds is 4. The maximum Gasteiger partial charge on any atom is 0.0429 e. The van der Waals surface area contributed by atoms with Crippen LogP contribution in [0.3, 0.4) is 0 Å². The molecule has 2 N–H and O–H groups in total. The average molecular weight is 254 g/mol. The first-order valence-electron chi connectivity index (χ1n) is 6.76. The van der Waals surface area contributed by atoms with E-state index >= 15 is 0 Å². The Morgan fingerprint density at radius 2 is 1.63 bits per heavy atom. The highest BCUT2D eigenvalue weighted by Crippen LogP contribution is 2.19. The SMILES string of the molecule is CCN(Cc1ccc(C)c(C)c1)c1ccc(N)cc1. The monoisotopic (exact) mass is 254 g/mol. The quantitative estimate of drug-likeness (QED) is 0.838. The molecular formula is C17H22N2. The number of nitrogens with zero attached hydrogens (tertiary/aromatic N) is 1. The van der Waals surface area contributed by atoms with Gasteiger partial charge >= 0.3 is 0 Å². The van der Waals surface area contributed by atoms with Gasteiger partial charge in [-0.1, -0.05) is 18.2 Å². The summed E-state index contributed by atoms with van der Waals surface area (Å²) in [5.41, 5.74) is 11.8. The number of hydrogen-bond donors (Lipinski definition) is 1. The van der Waals surface area contributed by atoms with E-state index in [1.54, 1.807) is 0 Å². The molecule has 0 amide bonds. The van der Waals surface area contributed by atoms with Crippen molar-refractivity contribution in [1.82, 2.24) is 0 Å². The predicted octanol–water partition coefficient (Wildman–Crippen LogP) is 3.91. The van der Waals surface area contributed by atoms with Gasteiger partial charge in [0.15, 0.2) is 0 Å². The van der Waals surface area contributed by atoms with Crippen LogP contribution < -0.4 is 10.6 Å². The van der Waals surface area contributed by atoms with Crippen molar-refractivity contribution in [3.8, 4) is 0 Å². The minimum Gasteiger partial charge on any atom is -0.399 e. The van der Waals surface area contributed by atoms with Gasteiger partial charge in [-0.05, 0) is 61.7 Å². The molecule has 0 saturated heterocycles. The average Bonchev–Trinajstić information content (AvgIpc) is 2.41. The molecule has 0 spiro atoms. The molecular weight excluding hydrogens is 232 g/mol. The molecule has 2 nitrogen and oxygen atoms in total. The van der Waals surface area contributed by atoms with Crippen LogP contribution in [0.4, 0.5) is 11.4 Å². The van der Waals surface area contributed by atoms with Gasteiger partial charge < -0.3 is 10.6 Å². The van der Waals surface area contributed by atoms with Crippen molar-refractivity contribution in [2.24, 2.45) is 0 Å². The van der Waals surface area contributed by atoms with Crippen LogP contribution in [0.5, 0.6) is 0 Å². The zero-order chi connectivity index (χ0) is 13.8. The van der Waals surface area contributed by atoms with E-state index in [9.17, 15) is 0 Å². The van der Waals surface area contributed by atoms with Crippen LogP contribution in [0.1, 0.15) is 23.6 Å². The van der Waals surface area contributed by atoms with Gasteiger partial charge in [-0.15, -0.1) is 0 Å². The summed E-state index contributed by atoms with van der Waals surface area (Å²) >= 11 is 0. The lowest BCUT2D eigenvalue weighted by atomic mass is 10.1. The van der Waals surface area contributed by atoms with Gasteiger partial charge in [-0.25, -0.2) is 0 Å². The van der Waals surface area contributed by atoms with E-state index in [0.29, 0.717) is 0 Å². The maximum atomic E-state index is 5.74. The van der Waals surface area contributed by atoms with Crippen molar-refractivity contribution in [3.63, 3.8) is 0 Å². The van der Waals surface area contributed by atoms with Crippen LogP contribution in [0, 0.1) is 13.8 Å². The lowest BCUT2D eigenvalue weighted by Gasteiger charge is -2.23. The largest absolute Gasteiger partial charge is 0.399 e. The first-order chi connectivity index (χ1) is 9.10. The standard InChI is InChI=1S/C17H22N2/c1-4-19(17-9-7-16(18)8-10-17)12-15-6-5-13(2)14(3)11-15/h5-11H,4,12,18H2,1-3H3. The molecule has 2 aromatic rings. The molecule has 0 aromatic heterocycles. The summed E-state index contributed by atoms with van der Waals surface area (Å²) in [6.45, 7) is 8.41. The van der Waals surface area contributed by atoms with Gasteiger partial charge in [0.2, 0.25) is 0 Å². The second-order valence-corrected chi connectivity index (χ2v) is 5.02. The van der Waals surface area contributed by atoms with Gasteiger partial charge in [0, 0.05) is 24.5 Å². The fraction of sp³-hybridized carbons (Fsp3) is 0.294. The van der Waals surface area contributed by atoms with Crippen molar-refractivity contribution in [2.45, 2.75) is 27.3 Å². The Balaban J connectivity index is 2.18. The lowest BCUT2D eigenvalue weighted by molar-refractivity contribution is 0.831.